The highest BCUT2D eigenvalue weighted by Crippen LogP contribution is 2.34. The van der Waals surface area contributed by atoms with Crippen LogP contribution >= 0.6 is 0 Å². The standard InChI is InChI=1S/C36H37N5O4/c42-34(43)16-18-41(36(45)28-12-13-28)25-26-7-6-10-29(23-26)30-14-15-32(31(24-30)38-35(44)27-8-2-1-3-9-27)39-19-21-40(22-20-39)33-11-4-5-17-37-33/h1-11,14-15,17,23-24,28H,12-13,16,18-22,25H2,(H,38,44)(H,42,43). The zero-order valence-electron chi connectivity index (χ0n) is 25.1. The first-order chi connectivity index (χ1) is 21.9. The third-order valence-electron chi connectivity index (χ3n) is 8.34. The van der Waals surface area contributed by atoms with Crippen molar-refractivity contribution in [2.45, 2.75) is 25.8 Å². The third kappa shape index (κ3) is 7.49. The van der Waals surface area contributed by atoms with E-state index in [9.17, 15) is 19.5 Å². The van der Waals surface area contributed by atoms with E-state index in [0.717, 1.165) is 72.9 Å². The highest BCUT2D eigenvalue weighted by molar-refractivity contribution is 6.06. The molecule has 45 heavy (non-hydrogen) atoms. The molecule has 1 aliphatic heterocycles. The molecule has 0 spiro atoms. The second-order valence-electron chi connectivity index (χ2n) is 11.6. The minimum Gasteiger partial charge on any atom is -0.481 e. The van der Waals surface area contributed by atoms with Crippen LogP contribution < -0.4 is 15.1 Å². The number of amides is 2. The van der Waals surface area contributed by atoms with Crippen LogP contribution in [0.4, 0.5) is 17.2 Å². The summed E-state index contributed by atoms with van der Waals surface area (Å²) in [7, 11) is 0. The first kappa shape index (κ1) is 29.9. The van der Waals surface area contributed by atoms with E-state index < -0.39 is 5.97 Å². The predicted molar refractivity (Wildman–Crippen MR) is 175 cm³/mol. The van der Waals surface area contributed by atoms with Gasteiger partial charge in [-0.1, -0.05) is 48.5 Å². The molecule has 4 aromatic rings. The van der Waals surface area contributed by atoms with Gasteiger partial charge in [0.05, 0.1) is 17.8 Å². The number of carbonyl (C=O) groups excluding carboxylic acids is 2. The van der Waals surface area contributed by atoms with Gasteiger partial charge in [0.25, 0.3) is 5.91 Å². The maximum Gasteiger partial charge on any atom is 0.305 e. The van der Waals surface area contributed by atoms with E-state index in [0.29, 0.717) is 12.1 Å². The first-order valence-electron chi connectivity index (χ1n) is 15.5. The van der Waals surface area contributed by atoms with Crippen LogP contribution in [0.1, 0.15) is 35.2 Å². The van der Waals surface area contributed by atoms with Gasteiger partial charge in [0.2, 0.25) is 5.91 Å². The van der Waals surface area contributed by atoms with Crippen LogP contribution in [0, 0.1) is 5.92 Å². The van der Waals surface area contributed by atoms with Crippen LogP contribution in [0.5, 0.6) is 0 Å². The van der Waals surface area contributed by atoms with Gasteiger partial charge in [-0.15, -0.1) is 0 Å². The van der Waals surface area contributed by atoms with E-state index in [1.54, 1.807) is 17.0 Å². The van der Waals surface area contributed by atoms with E-state index in [1.165, 1.54) is 0 Å². The Bertz CT molecular complexity index is 1650. The maximum absolute atomic E-state index is 13.3. The summed E-state index contributed by atoms with van der Waals surface area (Å²) >= 11 is 0. The van der Waals surface area contributed by atoms with E-state index in [1.807, 2.05) is 72.9 Å². The Morgan fingerprint density at radius 2 is 1.56 bits per heavy atom. The normalized spacial score (nSPS) is 14.6. The highest BCUT2D eigenvalue weighted by atomic mass is 16.4. The minimum absolute atomic E-state index is 0.0103. The van der Waals surface area contributed by atoms with Gasteiger partial charge in [-0.3, -0.25) is 14.4 Å². The summed E-state index contributed by atoms with van der Waals surface area (Å²) in [4.78, 5) is 48.2. The maximum atomic E-state index is 13.3. The molecule has 0 unspecified atom stereocenters. The van der Waals surface area contributed by atoms with Gasteiger partial charge in [-0.2, -0.15) is 0 Å². The van der Waals surface area contributed by atoms with Crippen molar-refractivity contribution in [3.8, 4) is 11.1 Å². The molecule has 2 heterocycles. The number of aromatic nitrogens is 1. The molecular formula is C36H37N5O4. The fourth-order valence-corrected chi connectivity index (χ4v) is 5.75. The van der Waals surface area contributed by atoms with Crippen LogP contribution in [-0.4, -0.2) is 65.5 Å². The van der Waals surface area contributed by atoms with Gasteiger partial charge in [0.1, 0.15) is 5.82 Å². The number of pyridine rings is 1. The molecule has 0 bridgehead atoms. The third-order valence-corrected chi connectivity index (χ3v) is 8.34. The Balaban J connectivity index is 1.25. The molecule has 2 aliphatic rings. The van der Waals surface area contributed by atoms with Crippen molar-refractivity contribution in [1.29, 1.82) is 0 Å². The topological polar surface area (TPSA) is 106 Å². The number of piperazine rings is 1. The molecule has 0 radical (unpaired) electrons. The molecule has 2 amide bonds. The van der Waals surface area contributed by atoms with Crippen molar-refractivity contribution >= 4 is 35.0 Å². The Morgan fingerprint density at radius 1 is 0.822 bits per heavy atom. The van der Waals surface area contributed by atoms with Gasteiger partial charge < -0.3 is 25.1 Å². The Labute approximate surface area is 263 Å². The number of hydrogen-bond donors (Lipinski definition) is 2. The van der Waals surface area contributed by atoms with Crippen molar-refractivity contribution < 1.29 is 19.5 Å². The molecule has 9 nitrogen and oxygen atoms in total. The number of carboxylic acids is 1. The van der Waals surface area contributed by atoms with Gasteiger partial charge in [-0.25, -0.2) is 4.98 Å². The molecule has 1 aliphatic carbocycles. The smallest absolute Gasteiger partial charge is 0.305 e. The van der Waals surface area contributed by atoms with Gasteiger partial charge >= 0.3 is 5.97 Å². The van der Waals surface area contributed by atoms with Gasteiger partial charge in [-0.05, 0) is 72.0 Å². The molecular weight excluding hydrogens is 566 g/mol. The van der Waals surface area contributed by atoms with E-state index in [2.05, 4.69) is 32.2 Å². The minimum atomic E-state index is -0.916. The van der Waals surface area contributed by atoms with Crippen molar-refractivity contribution in [3.05, 3.63) is 108 Å². The van der Waals surface area contributed by atoms with Crippen molar-refractivity contribution in [3.63, 3.8) is 0 Å². The average molecular weight is 604 g/mol. The molecule has 2 N–H and O–H groups in total. The van der Waals surface area contributed by atoms with Crippen LogP contribution in [0.3, 0.4) is 0 Å². The predicted octanol–water partition coefficient (Wildman–Crippen LogP) is 5.54. The lowest BCUT2D eigenvalue weighted by Crippen LogP contribution is -2.47. The van der Waals surface area contributed by atoms with Gasteiger partial charge in [0, 0.05) is 56.9 Å². The monoisotopic (exact) mass is 603 g/mol. The lowest BCUT2D eigenvalue weighted by Gasteiger charge is -2.37. The van der Waals surface area contributed by atoms with E-state index in [4.69, 9.17) is 0 Å². The number of aliphatic carboxylic acids is 1. The Morgan fingerprint density at radius 3 is 2.27 bits per heavy atom. The molecule has 9 heteroatoms. The zero-order valence-corrected chi connectivity index (χ0v) is 25.1. The lowest BCUT2D eigenvalue weighted by molar-refractivity contribution is -0.139. The Hall–Kier alpha value is -5.18. The van der Waals surface area contributed by atoms with Crippen molar-refractivity contribution in [2.24, 2.45) is 5.92 Å². The number of nitrogens with one attached hydrogen (secondary N) is 1. The molecule has 2 fully saturated rings. The van der Waals surface area contributed by atoms with Crippen LogP contribution in [0.15, 0.2) is 97.2 Å². The average Bonchev–Trinajstić information content (AvgIpc) is 3.93. The molecule has 0 atom stereocenters. The second kappa shape index (κ2) is 13.6. The largest absolute Gasteiger partial charge is 0.481 e. The quantitative estimate of drug-likeness (QED) is 0.232. The summed E-state index contributed by atoms with van der Waals surface area (Å²) in [6.07, 6.45) is 3.46. The lowest BCUT2D eigenvalue weighted by atomic mass is 10.0. The summed E-state index contributed by atoms with van der Waals surface area (Å²) in [6, 6.07) is 29.2. The number of rotatable bonds is 11. The SMILES string of the molecule is O=C(O)CCN(Cc1cccc(-c2ccc(N3CCN(c4ccccn4)CC3)c(NC(=O)c3ccccc3)c2)c1)C(=O)C1CC1. The summed E-state index contributed by atoms with van der Waals surface area (Å²) in [5, 5.41) is 12.4. The van der Waals surface area contributed by atoms with Crippen molar-refractivity contribution in [2.75, 3.05) is 47.8 Å². The summed E-state index contributed by atoms with van der Waals surface area (Å²) in [6.45, 7) is 3.72. The number of carboxylic acid groups (broad SMARTS) is 1. The Kier molecular flexibility index (Phi) is 9.05. The summed E-state index contributed by atoms with van der Waals surface area (Å²) in [5.74, 6) is -0.0928. The molecule has 3 aromatic carbocycles. The number of hydrogen-bond acceptors (Lipinski definition) is 6. The van der Waals surface area contributed by atoms with E-state index in [-0.39, 0.29) is 30.7 Å². The first-order valence-corrected chi connectivity index (χ1v) is 15.5. The van der Waals surface area contributed by atoms with Gasteiger partial charge in [0.15, 0.2) is 0 Å². The fourth-order valence-electron chi connectivity index (χ4n) is 5.75. The summed E-state index contributed by atoms with van der Waals surface area (Å²) < 4.78 is 0. The fraction of sp³-hybridized carbons (Fsp3) is 0.278. The van der Waals surface area contributed by atoms with E-state index >= 15 is 0 Å². The molecule has 1 saturated carbocycles. The second-order valence-corrected chi connectivity index (χ2v) is 11.6. The number of carbonyl (C=O) groups is 3. The van der Waals surface area contributed by atoms with Crippen LogP contribution in [0.25, 0.3) is 11.1 Å². The molecule has 1 saturated heterocycles. The summed E-state index contributed by atoms with van der Waals surface area (Å²) in [5.41, 5.74) is 5.07. The van der Waals surface area contributed by atoms with Crippen LogP contribution in [0.2, 0.25) is 0 Å². The zero-order chi connectivity index (χ0) is 31.2. The van der Waals surface area contributed by atoms with Crippen LogP contribution in [-0.2, 0) is 16.1 Å². The molecule has 230 valence electrons. The highest BCUT2D eigenvalue weighted by Gasteiger charge is 2.33. The van der Waals surface area contributed by atoms with Crippen molar-refractivity contribution in [1.82, 2.24) is 9.88 Å². The number of nitrogens with zero attached hydrogens (tertiary/aromatic N) is 4. The number of benzene rings is 3. The number of anilines is 3. The molecule has 1 aromatic heterocycles. The molecule has 6 rings (SSSR count).